The highest BCUT2D eigenvalue weighted by Crippen LogP contribution is 2.67. The third-order valence-electron chi connectivity index (χ3n) is 8.20. The number of thioether (sulfide) groups is 1. The SMILES string of the molecule is C=CCN(CCC)C(=O)[C@@H]1[C@@H]2CCC3(S2)C(C(=O)N(CC=C)c2ccc(Cl)cc2)N([C@@H](CC)CO)C(=O)[C@H]13. The van der Waals surface area contributed by atoms with Crippen LogP contribution in [0.15, 0.2) is 49.6 Å². The van der Waals surface area contributed by atoms with Gasteiger partial charge in [-0.15, -0.1) is 24.9 Å². The van der Waals surface area contributed by atoms with Crippen LogP contribution in [0.5, 0.6) is 0 Å². The van der Waals surface area contributed by atoms with Crippen molar-refractivity contribution in [1.82, 2.24) is 9.80 Å². The van der Waals surface area contributed by atoms with E-state index < -0.39 is 28.7 Å². The first-order valence-electron chi connectivity index (χ1n) is 13.5. The van der Waals surface area contributed by atoms with Crippen LogP contribution in [0.1, 0.15) is 39.5 Å². The maximum Gasteiger partial charge on any atom is 0.251 e. The van der Waals surface area contributed by atoms with Gasteiger partial charge >= 0.3 is 0 Å². The summed E-state index contributed by atoms with van der Waals surface area (Å²) in [5, 5.41) is 10.8. The first-order valence-corrected chi connectivity index (χ1v) is 14.7. The van der Waals surface area contributed by atoms with E-state index in [0.29, 0.717) is 36.6 Å². The molecule has 0 radical (unpaired) electrons. The lowest BCUT2D eigenvalue weighted by Crippen LogP contribution is -2.57. The monoisotopic (exact) mass is 559 g/mol. The first kappa shape index (κ1) is 28.7. The molecule has 1 spiro atoms. The van der Waals surface area contributed by atoms with Crippen molar-refractivity contribution in [3.63, 3.8) is 0 Å². The molecule has 0 aliphatic carbocycles. The Labute approximate surface area is 234 Å². The van der Waals surface area contributed by atoms with Crippen molar-refractivity contribution in [1.29, 1.82) is 0 Å². The lowest BCUT2D eigenvalue weighted by molar-refractivity contribution is -0.145. The van der Waals surface area contributed by atoms with E-state index in [1.54, 1.807) is 62.9 Å². The topological polar surface area (TPSA) is 81.2 Å². The van der Waals surface area contributed by atoms with Gasteiger partial charge in [-0.2, -0.15) is 0 Å². The number of carbonyl (C=O) groups excluding carboxylic acids is 3. The Bertz CT molecular complexity index is 1080. The number of amides is 3. The Morgan fingerprint density at radius 3 is 2.47 bits per heavy atom. The third-order valence-corrected chi connectivity index (χ3v) is 10.4. The molecule has 0 aromatic heterocycles. The molecule has 6 atom stereocenters. The summed E-state index contributed by atoms with van der Waals surface area (Å²) in [5.41, 5.74) is 0.661. The molecule has 4 rings (SSSR count). The van der Waals surface area contributed by atoms with Gasteiger partial charge in [0.1, 0.15) is 6.04 Å². The van der Waals surface area contributed by atoms with Gasteiger partial charge in [-0.1, -0.05) is 37.6 Å². The predicted octanol–water partition coefficient (Wildman–Crippen LogP) is 4.15. The van der Waals surface area contributed by atoms with Crippen LogP contribution < -0.4 is 4.90 Å². The third kappa shape index (κ3) is 4.69. The largest absolute Gasteiger partial charge is 0.394 e. The summed E-state index contributed by atoms with van der Waals surface area (Å²) >= 11 is 7.75. The molecule has 38 heavy (non-hydrogen) atoms. The molecule has 206 valence electrons. The Morgan fingerprint density at radius 2 is 1.89 bits per heavy atom. The molecule has 3 heterocycles. The minimum Gasteiger partial charge on any atom is -0.394 e. The lowest BCUT2D eigenvalue weighted by atomic mass is 9.70. The van der Waals surface area contributed by atoms with E-state index in [4.69, 9.17) is 11.6 Å². The van der Waals surface area contributed by atoms with Crippen LogP contribution in [-0.4, -0.2) is 80.9 Å². The van der Waals surface area contributed by atoms with Crippen molar-refractivity contribution in [3.05, 3.63) is 54.6 Å². The molecule has 2 bridgehead atoms. The summed E-state index contributed by atoms with van der Waals surface area (Å²) < 4.78 is -0.723. The standard InChI is InChI=1S/C29H38ClN3O4S/c1-5-15-31(16-6-2)26(35)23-22-13-14-29(38-22)24(23)27(36)33(20(8-4)18-34)25(29)28(37)32(17-7-3)21-11-9-19(30)10-12-21/h5,7,9-12,20,22-25,34H,1,3,6,8,13-18H2,2,4H3/t20-,22-,23+,24-,25?,29?/m0/s1. The molecule has 2 unspecified atom stereocenters. The Hall–Kier alpha value is -2.29. The van der Waals surface area contributed by atoms with Crippen LogP contribution in [-0.2, 0) is 14.4 Å². The minimum atomic E-state index is -0.792. The van der Waals surface area contributed by atoms with E-state index in [-0.39, 0.29) is 36.1 Å². The lowest BCUT2D eigenvalue weighted by Gasteiger charge is -2.39. The van der Waals surface area contributed by atoms with E-state index in [9.17, 15) is 19.5 Å². The number of aliphatic hydroxyl groups excluding tert-OH is 1. The molecule has 3 amide bonds. The number of hydrogen-bond acceptors (Lipinski definition) is 5. The fourth-order valence-corrected chi connectivity index (χ4v) is 8.93. The average molecular weight is 560 g/mol. The minimum absolute atomic E-state index is 0.0179. The van der Waals surface area contributed by atoms with Gasteiger partial charge in [0.05, 0.1) is 29.2 Å². The quantitative estimate of drug-likeness (QED) is 0.389. The van der Waals surface area contributed by atoms with Crippen molar-refractivity contribution in [2.75, 3.05) is 31.1 Å². The first-order chi connectivity index (χ1) is 18.3. The van der Waals surface area contributed by atoms with Gasteiger partial charge in [0.25, 0.3) is 5.91 Å². The summed E-state index contributed by atoms with van der Waals surface area (Å²) in [6.45, 7) is 12.6. The highest BCUT2D eigenvalue weighted by atomic mass is 35.5. The maximum atomic E-state index is 14.5. The normalized spacial score (nSPS) is 28.2. The fourth-order valence-electron chi connectivity index (χ4n) is 6.61. The zero-order valence-electron chi connectivity index (χ0n) is 22.2. The summed E-state index contributed by atoms with van der Waals surface area (Å²) in [5.74, 6) is -1.54. The van der Waals surface area contributed by atoms with Crippen molar-refractivity contribution >= 4 is 46.8 Å². The van der Waals surface area contributed by atoms with Crippen molar-refractivity contribution < 1.29 is 19.5 Å². The Kier molecular flexibility index (Phi) is 8.95. The molecule has 7 nitrogen and oxygen atoms in total. The highest BCUT2D eigenvalue weighted by molar-refractivity contribution is 8.02. The summed E-state index contributed by atoms with van der Waals surface area (Å²) in [6.07, 6.45) is 6.14. The van der Waals surface area contributed by atoms with Crippen LogP contribution in [0.3, 0.4) is 0 Å². The Balaban J connectivity index is 1.79. The summed E-state index contributed by atoms with van der Waals surface area (Å²) in [6, 6.07) is 5.73. The van der Waals surface area contributed by atoms with Crippen molar-refractivity contribution in [2.24, 2.45) is 11.8 Å². The number of carbonyl (C=O) groups is 3. The molecule has 3 aliphatic rings. The molecule has 1 N–H and O–H groups in total. The average Bonchev–Trinajstić information content (AvgIpc) is 3.55. The van der Waals surface area contributed by atoms with Crippen molar-refractivity contribution in [2.45, 2.75) is 61.6 Å². The summed E-state index contributed by atoms with van der Waals surface area (Å²) in [7, 11) is 0. The van der Waals surface area contributed by atoms with Gasteiger partial charge in [0, 0.05) is 35.6 Å². The molecular formula is C29H38ClN3O4S. The van der Waals surface area contributed by atoms with E-state index in [1.165, 1.54) is 0 Å². The molecule has 0 saturated carbocycles. The second-order valence-electron chi connectivity index (χ2n) is 10.3. The second-order valence-corrected chi connectivity index (χ2v) is 12.4. The number of rotatable bonds is 12. The van der Waals surface area contributed by atoms with Crippen LogP contribution in [0.25, 0.3) is 0 Å². The molecule has 1 aromatic carbocycles. The van der Waals surface area contributed by atoms with E-state index in [2.05, 4.69) is 13.2 Å². The Morgan fingerprint density at radius 1 is 1.21 bits per heavy atom. The molecular weight excluding hydrogens is 522 g/mol. The number of benzene rings is 1. The molecule has 9 heteroatoms. The van der Waals surface area contributed by atoms with Crippen molar-refractivity contribution in [3.8, 4) is 0 Å². The molecule has 3 fully saturated rings. The van der Waals surface area contributed by atoms with Gasteiger partial charge < -0.3 is 19.8 Å². The number of anilines is 1. The fraction of sp³-hybridized carbons (Fsp3) is 0.552. The number of halogens is 1. The molecule has 3 aliphatic heterocycles. The van der Waals surface area contributed by atoms with Gasteiger partial charge in [-0.05, 0) is 49.9 Å². The predicted molar refractivity (Wildman–Crippen MR) is 153 cm³/mol. The second kappa shape index (κ2) is 11.8. The van der Waals surface area contributed by atoms with Gasteiger partial charge in [0.15, 0.2) is 0 Å². The zero-order chi connectivity index (χ0) is 27.6. The molecule has 1 aromatic rings. The summed E-state index contributed by atoms with van der Waals surface area (Å²) in [4.78, 5) is 47.7. The van der Waals surface area contributed by atoms with Crippen LogP contribution in [0.4, 0.5) is 5.69 Å². The van der Waals surface area contributed by atoms with Gasteiger partial charge in [-0.25, -0.2) is 0 Å². The molecule has 3 saturated heterocycles. The number of hydrogen-bond donors (Lipinski definition) is 1. The maximum absolute atomic E-state index is 14.5. The number of nitrogens with zero attached hydrogens (tertiary/aromatic N) is 3. The number of aliphatic hydroxyl groups is 1. The van der Waals surface area contributed by atoms with Gasteiger partial charge in [-0.3, -0.25) is 14.4 Å². The smallest absolute Gasteiger partial charge is 0.251 e. The van der Waals surface area contributed by atoms with E-state index >= 15 is 0 Å². The van der Waals surface area contributed by atoms with Crippen LogP contribution >= 0.6 is 23.4 Å². The zero-order valence-corrected chi connectivity index (χ0v) is 23.8. The van der Waals surface area contributed by atoms with Gasteiger partial charge in [0.2, 0.25) is 11.8 Å². The highest BCUT2D eigenvalue weighted by Gasteiger charge is 2.74. The van der Waals surface area contributed by atoms with E-state index in [0.717, 1.165) is 12.8 Å². The van der Waals surface area contributed by atoms with Crippen LogP contribution in [0, 0.1) is 11.8 Å². The van der Waals surface area contributed by atoms with E-state index in [1.807, 2.05) is 13.8 Å². The number of likely N-dealkylation sites (tertiary alicyclic amines) is 1. The number of fused-ring (bicyclic) bond motifs is 1. The van der Waals surface area contributed by atoms with Crippen LogP contribution in [0.2, 0.25) is 5.02 Å².